The van der Waals surface area contributed by atoms with E-state index >= 15 is 0 Å². The molecule has 4 rings (SSSR count). The van der Waals surface area contributed by atoms with Gasteiger partial charge >= 0.3 is 0 Å². The van der Waals surface area contributed by atoms with Crippen molar-refractivity contribution in [3.8, 4) is 5.75 Å². The molecule has 0 heterocycles. The Morgan fingerprint density at radius 1 is 0.458 bits per heavy atom. The van der Waals surface area contributed by atoms with Crippen LogP contribution in [0.15, 0.2) is 84.9 Å². The minimum Gasteiger partial charge on any atom is -0.508 e. The third kappa shape index (κ3) is 41.7. The van der Waals surface area contributed by atoms with Crippen LogP contribution in [0.5, 0.6) is 5.75 Å². The molecule has 1 aliphatic carbocycles. The first-order valence-electron chi connectivity index (χ1n) is 23.5. The Balaban J connectivity index is -0.000000307. The second-order valence-corrected chi connectivity index (χ2v) is 20.4. The Morgan fingerprint density at radius 2 is 0.847 bits per heavy atom. The summed E-state index contributed by atoms with van der Waals surface area (Å²) in [4.78, 5) is 0. The Labute approximate surface area is 372 Å². The topological polar surface area (TPSA) is 20.2 Å². The van der Waals surface area contributed by atoms with E-state index in [2.05, 4.69) is 206 Å². The predicted octanol–water partition coefficient (Wildman–Crippen LogP) is 19.1. The number of rotatable bonds is 11. The van der Waals surface area contributed by atoms with Crippen molar-refractivity contribution in [2.45, 2.75) is 191 Å². The van der Waals surface area contributed by atoms with Crippen molar-refractivity contribution < 1.29 is 5.11 Å². The molecule has 0 radical (unpaired) electrons. The molecule has 0 saturated carbocycles. The van der Waals surface area contributed by atoms with Crippen molar-refractivity contribution in [2.75, 3.05) is 0 Å². The van der Waals surface area contributed by atoms with E-state index in [-0.39, 0.29) is 7.43 Å². The van der Waals surface area contributed by atoms with E-state index in [0.29, 0.717) is 11.7 Å². The summed E-state index contributed by atoms with van der Waals surface area (Å²) in [6, 6.07) is 26.8. The SMILES string of the molecule is C.CC(C)C.CC(C)C(C)C.CC(C)CC(C)C.CC(C)CC1=CCc2ccccc21.CC(C)Cc1ccc(O)cc1.CC(C)Cc1ccccc1.CCC(C)C(C)C. The molecule has 0 amide bonds. The minimum atomic E-state index is 0. The molecular formula is C58H104O. The van der Waals surface area contributed by atoms with Gasteiger partial charge in [-0.1, -0.05) is 232 Å². The predicted molar refractivity (Wildman–Crippen MR) is 275 cm³/mol. The number of phenols is 1. The Hall–Kier alpha value is -2.80. The minimum absolute atomic E-state index is 0. The molecule has 0 fully saturated rings. The Bertz CT molecular complexity index is 1320. The smallest absolute Gasteiger partial charge is 0.115 e. The number of phenolic OH excluding ortho intramolecular Hbond substituents is 1. The molecule has 0 aromatic heterocycles. The highest BCUT2D eigenvalue weighted by Gasteiger charge is 2.13. The third-order valence-electron chi connectivity index (χ3n) is 9.69. The lowest BCUT2D eigenvalue weighted by Crippen LogP contribution is -2.00. The first-order chi connectivity index (χ1) is 26.9. The largest absolute Gasteiger partial charge is 0.508 e. The van der Waals surface area contributed by atoms with E-state index < -0.39 is 0 Å². The summed E-state index contributed by atoms with van der Waals surface area (Å²) < 4.78 is 0. The normalized spacial score (nSPS) is 11.7. The number of fused-ring (bicyclic) bond motifs is 1. The van der Waals surface area contributed by atoms with Gasteiger partial charge in [-0.05, 0) is 131 Å². The van der Waals surface area contributed by atoms with Gasteiger partial charge in [0.15, 0.2) is 0 Å². The quantitative estimate of drug-likeness (QED) is 0.204. The molecule has 0 saturated heterocycles. The summed E-state index contributed by atoms with van der Waals surface area (Å²) in [5, 5.41) is 8.99. The molecule has 1 heteroatoms. The highest BCUT2D eigenvalue weighted by atomic mass is 16.3. The van der Waals surface area contributed by atoms with Crippen molar-refractivity contribution in [3.63, 3.8) is 0 Å². The van der Waals surface area contributed by atoms with Gasteiger partial charge in [-0.25, -0.2) is 0 Å². The van der Waals surface area contributed by atoms with Crippen LogP contribution in [0.3, 0.4) is 0 Å². The highest BCUT2D eigenvalue weighted by Crippen LogP contribution is 2.31. The molecule has 0 aliphatic heterocycles. The van der Waals surface area contributed by atoms with Gasteiger partial charge in [-0.2, -0.15) is 0 Å². The molecule has 0 spiro atoms. The fourth-order valence-corrected chi connectivity index (χ4v) is 5.59. The molecule has 1 atom stereocenters. The molecule has 1 nitrogen and oxygen atoms in total. The van der Waals surface area contributed by atoms with Crippen molar-refractivity contribution in [3.05, 3.63) is 107 Å². The Morgan fingerprint density at radius 3 is 1.17 bits per heavy atom. The van der Waals surface area contributed by atoms with E-state index in [9.17, 15) is 0 Å². The molecule has 3 aromatic rings. The summed E-state index contributed by atoms with van der Waals surface area (Å²) >= 11 is 0. The zero-order valence-corrected chi connectivity index (χ0v) is 42.5. The van der Waals surface area contributed by atoms with Crippen LogP contribution in [0.4, 0.5) is 0 Å². The number of allylic oxidation sites excluding steroid dienone is 2. The van der Waals surface area contributed by atoms with Gasteiger partial charge in [0.1, 0.15) is 5.75 Å². The number of hydrogen-bond acceptors (Lipinski definition) is 1. The fourth-order valence-electron chi connectivity index (χ4n) is 5.59. The van der Waals surface area contributed by atoms with Crippen molar-refractivity contribution in [1.82, 2.24) is 0 Å². The summed E-state index contributed by atoms with van der Waals surface area (Å²) in [5.41, 5.74) is 7.26. The summed E-state index contributed by atoms with van der Waals surface area (Å²) in [7, 11) is 0. The van der Waals surface area contributed by atoms with E-state index in [1.807, 2.05) is 12.1 Å². The average molecular weight is 817 g/mol. The molecule has 1 N–H and O–H groups in total. The molecule has 1 aliphatic rings. The maximum absolute atomic E-state index is 8.99. The van der Waals surface area contributed by atoms with Crippen molar-refractivity contribution in [1.29, 1.82) is 0 Å². The first kappa shape index (κ1) is 62.8. The summed E-state index contributed by atoms with van der Waals surface area (Å²) in [6.45, 7) is 47.0. The van der Waals surface area contributed by atoms with Gasteiger partial charge in [-0.15, -0.1) is 0 Å². The molecule has 342 valence electrons. The van der Waals surface area contributed by atoms with Crippen LogP contribution in [-0.4, -0.2) is 5.11 Å². The number of aromatic hydroxyl groups is 1. The van der Waals surface area contributed by atoms with Crippen LogP contribution in [0.1, 0.15) is 194 Å². The second-order valence-electron chi connectivity index (χ2n) is 20.4. The highest BCUT2D eigenvalue weighted by molar-refractivity contribution is 5.72. The molecule has 59 heavy (non-hydrogen) atoms. The van der Waals surface area contributed by atoms with Crippen LogP contribution in [0.25, 0.3) is 5.57 Å². The van der Waals surface area contributed by atoms with E-state index in [1.165, 1.54) is 47.9 Å². The maximum atomic E-state index is 8.99. The zero-order valence-electron chi connectivity index (χ0n) is 42.5. The van der Waals surface area contributed by atoms with Gasteiger partial charge in [-0.3, -0.25) is 0 Å². The lowest BCUT2D eigenvalue weighted by molar-refractivity contribution is 0.407. The monoisotopic (exact) mass is 817 g/mol. The van der Waals surface area contributed by atoms with Gasteiger partial charge in [0, 0.05) is 0 Å². The Kier molecular flexibility index (Phi) is 40.6. The number of hydrogen-bond donors (Lipinski definition) is 1. The lowest BCUT2D eigenvalue weighted by atomic mass is 9.96. The van der Waals surface area contributed by atoms with E-state index in [0.717, 1.165) is 66.1 Å². The molecule has 1 unspecified atom stereocenters. The third-order valence-corrected chi connectivity index (χ3v) is 9.69. The van der Waals surface area contributed by atoms with Gasteiger partial charge < -0.3 is 5.11 Å². The maximum Gasteiger partial charge on any atom is 0.115 e. The number of benzene rings is 3. The standard InChI is InChI=1S/C13H16.C10H14O.C10H14.2C7H16.C6H14.C4H10.CH4/c1-10(2)9-12-8-7-11-5-3-4-6-13(11)12;1-8(2)7-9-3-5-10(11)6-4-9;1-9(2)8-10-6-4-3-5-7-10;1-6(2)5-7(3)4;1-5-7(4)6(2)3;1-5(2)6(3)4;1-4(2)3;/h3-6,8,10H,7,9H2,1-2H3;3-6,8,11H,7H2,1-2H3;3-7,9H,8H2,1-2H3;2*6-7H,5H2,1-4H3;5-6H,1-4H3;4H,1-3H3;1H4. The average Bonchev–Trinajstić information content (AvgIpc) is 3.51. The van der Waals surface area contributed by atoms with Crippen molar-refractivity contribution in [2.24, 2.45) is 59.2 Å². The fraction of sp³-hybridized carbons (Fsp3) is 0.655. The second kappa shape index (κ2) is 38.1. The summed E-state index contributed by atoms with van der Waals surface area (Å²) in [6.07, 6.45) is 9.69. The van der Waals surface area contributed by atoms with Crippen LogP contribution in [-0.2, 0) is 19.3 Å². The van der Waals surface area contributed by atoms with Crippen LogP contribution >= 0.6 is 0 Å². The molecule has 3 aromatic carbocycles. The summed E-state index contributed by atoms with van der Waals surface area (Å²) in [5.74, 6) is 8.61. The molecular weight excluding hydrogens is 713 g/mol. The lowest BCUT2D eigenvalue weighted by Gasteiger charge is -2.10. The zero-order chi connectivity index (χ0) is 45.4. The van der Waals surface area contributed by atoms with Gasteiger partial charge in [0.05, 0.1) is 0 Å². The molecule has 0 bridgehead atoms. The van der Waals surface area contributed by atoms with Crippen LogP contribution < -0.4 is 0 Å². The first-order valence-corrected chi connectivity index (χ1v) is 23.5. The van der Waals surface area contributed by atoms with Crippen molar-refractivity contribution >= 4 is 5.57 Å². The van der Waals surface area contributed by atoms with Gasteiger partial charge in [0.2, 0.25) is 0 Å². The van der Waals surface area contributed by atoms with Gasteiger partial charge in [0.25, 0.3) is 0 Å². The van der Waals surface area contributed by atoms with Crippen LogP contribution in [0.2, 0.25) is 0 Å². The van der Waals surface area contributed by atoms with E-state index in [1.54, 1.807) is 17.7 Å². The van der Waals surface area contributed by atoms with E-state index in [4.69, 9.17) is 5.11 Å². The van der Waals surface area contributed by atoms with Crippen LogP contribution in [0, 0.1) is 59.2 Å².